The smallest absolute Gasteiger partial charge is 0.251 e. The molecule has 0 fully saturated rings. The summed E-state index contributed by atoms with van der Waals surface area (Å²) in [6, 6.07) is 5.90. The molecule has 39 heavy (non-hydrogen) atoms. The number of hydrogen-bond acceptors (Lipinski definition) is 3. The summed E-state index contributed by atoms with van der Waals surface area (Å²) in [6.07, 6.45) is 27.7. The van der Waals surface area contributed by atoms with Crippen LogP contribution in [0.4, 0.5) is 0 Å². The number of unbranched alkanes of at least 4 members (excludes halogenated alkanes) is 18. The normalized spacial score (nSPS) is 11.6. The second kappa shape index (κ2) is 20.9. The van der Waals surface area contributed by atoms with Crippen molar-refractivity contribution in [3.8, 4) is 0 Å². The van der Waals surface area contributed by atoms with Crippen LogP contribution in [0, 0.1) is 0 Å². The highest BCUT2D eigenvalue weighted by Crippen LogP contribution is 2.21. The van der Waals surface area contributed by atoms with Crippen LogP contribution in [0.2, 0.25) is 0 Å². The van der Waals surface area contributed by atoms with E-state index in [0.717, 1.165) is 36.4 Å². The van der Waals surface area contributed by atoms with Gasteiger partial charge in [-0.25, -0.2) is 4.98 Å². The fourth-order valence-corrected chi connectivity index (χ4v) is 5.57. The monoisotopic (exact) mass is 540 g/mol. The number of aromatic nitrogens is 2. The predicted molar refractivity (Wildman–Crippen MR) is 169 cm³/mol. The summed E-state index contributed by atoms with van der Waals surface area (Å²) >= 11 is 0. The van der Waals surface area contributed by atoms with Gasteiger partial charge in [-0.3, -0.25) is 4.79 Å². The van der Waals surface area contributed by atoms with Gasteiger partial charge < -0.3 is 14.8 Å². The molecule has 1 heterocycles. The van der Waals surface area contributed by atoms with Crippen molar-refractivity contribution in [2.75, 3.05) is 27.7 Å². The van der Waals surface area contributed by atoms with Crippen molar-refractivity contribution in [1.82, 2.24) is 19.8 Å². The number of carbonyl (C=O) groups excluding carboxylic acids is 1. The first kappa shape index (κ1) is 33.3. The van der Waals surface area contributed by atoms with Crippen LogP contribution in [0.1, 0.15) is 145 Å². The highest BCUT2D eigenvalue weighted by molar-refractivity contribution is 5.97. The van der Waals surface area contributed by atoms with Gasteiger partial charge in [-0.2, -0.15) is 0 Å². The summed E-state index contributed by atoms with van der Waals surface area (Å²) in [5, 5.41) is 2.72. The Morgan fingerprint density at radius 3 is 1.72 bits per heavy atom. The van der Waals surface area contributed by atoms with E-state index < -0.39 is 0 Å². The summed E-state index contributed by atoms with van der Waals surface area (Å²) in [5.41, 5.74) is 2.75. The SMILES string of the molecule is CCCCCCCCCCCCCCCCCCCCCc1nc2cc(C(=O)NC)ccc2n1CCN(C)C. The van der Waals surface area contributed by atoms with Gasteiger partial charge in [0.05, 0.1) is 11.0 Å². The van der Waals surface area contributed by atoms with Crippen molar-refractivity contribution in [3.05, 3.63) is 29.6 Å². The van der Waals surface area contributed by atoms with Crippen LogP contribution in [0.3, 0.4) is 0 Å². The molecule has 0 atom stereocenters. The Morgan fingerprint density at radius 1 is 0.769 bits per heavy atom. The van der Waals surface area contributed by atoms with Crippen LogP contribution in [0.25, 0.3) is 11.0 Å². The van der Waals surface area contributed by atoms with Crippen LogP contribution < -0.4 is 5.32 Å². The summed E-state index contributed by atoms with van der Waals surface area (Å²) in [5.74, 6) is 1.10. The molecule has 0 radical (unpaired) electrons. The fourth-order valence-electron chi connectivity index (χ4n) is 5.57. The maximum Gasteiger partial charge on any atom is 0.251 e. The molecule has 0 aliphatic heterocycles. The molecule has 0 saturated heterocycles. The number of nitrogens with zero attached hydrogens (tertiary/aromatic N) is 3. The Kier molecular flexibility index (Phi) is 17.9. The molecular formula is C34H60N4O. The molecule has 1 aromatic carbocycles. The van der Waals surface area contributed by atoms with E-state index in [-0.39, 0.29) is 5.91 Å². The zero-order chi connectivity index (χ0) is 28.1. The van der Waals surface area contributed by atoms with Crippen molar-refractivity contribution >= 4 is 16.9 Å². The molecule has 0 aliphatic carbocycles. The number of fused-ring (bicyclic) bond motifs is 1. The standard InChI is InChI=1S/C34H60N4O/c1-5-6-7-8-9-10-11-12-13-14-15-16-17-18-19-20-21-22-23-24-33-36-31-29-30(34(39)35-2)25-26-32(31)38(33)28-27-37(3)4/h25-26,29H,5-24,27-28H2,1-4H3,(H,35,39). The third-order valence-corrected chi connectivity index (χ3v) is 8.09. The second-order valence-electron chi connectivity index (χ2n) is 11.9. The molecule has 5 nitrogen and oxygen atoms in total. The zero-order valence-corrected chi connectivity index (χ0v) is 26.0. The Hall–Kier alpha value is -1.88. The lowest BCUT2D eigenvalue weighted by atomic mass is 10.0. The van der Waals surface area contributed by atoms with E-state index in [2.05, 4.69) is 41.9 Å². The summed E-state index contributed by atoms with van der Waals surface area (Å²) in [6.45, 7) is 4.20. The van der Waals surface area contributed by atoms with Crippen LogP contribution >= 0.6 is 0 Å². The minimum Gasteiger partial charge on any atom is -0.355 e. The molecule has 1 aromatic heterocycles. The lowest BCUT2D eigenvalue weighted by molar-refractivity contribution is 0.0963. The van der Waals surface area contributed by atoms with Gasteiger partial charge in [-0.05, 0) is 38.7 Å². The highest BCUT2D eigenvalue weighted by atomic mass is 16.1. The number of nitrogens with one attached hydrogen (secondary N) is 1. The van der Waals surface area contributed by atoms with Crippen molar-refractivity contribution in [1.29, 1.82) is 0 Å². The Bertz CT molecular complexity index is 904. The zero-order valence-electron chi connectivity index (χ0n) is 26.0. The van der Waals surface area contributed by atoms with E-state index in [0.29, 0.717) is 5.56 Å². The van der Waals surface area contributed by atoms with Gasteiger partial charge in [0, 0.05) is 32.1 Å². The molecule has 0 bridgehead atoms. The van der Waals surface area contributed by atoms with Crippen LogP contribution in [-0.2, 0) is 13.0 Å². The molecule has 0 spiro atoms. The van der Waals surface area contributed by atoms with E-state index in [1.54, 1.807) is 7.05 Å². The number of carbonyl (C=O) groups is 1. The summed E-state index contributed by atoms with van der Waals surface area (Å²) < 4.78 is 2.36. The number of amides is 1. The van der Waals surface area contributed by atoms with E-state index in [4.69, 9.17) is 4.98 Å². The molecule has 5 heteroatoms. The van der Waals surface area contributed by atoms with Crippen molar-refractivity contribution < 1.29 is 4.79 Å². The topological polar surface area (TPSA) is 50.2 Å². The van der Waals surface area contributed by atoms with Crippen molar-refractivity contribution in [3.63, 3.8) is 0 Å². The first-order valence-electron chi connectivity index (χ1n) is 16.4. The minimum absolute atomic E-state index is 0.0555. The predicted octanol–water partition coefficient (Wildman–Crippen LogP) is 8.93. The molecule has 1 N–H and O–H groups in total. The van der Waals surface area contributed by atoms with Crippen LogP contribution in [0.5, 0.6) is 0 Å². The molecule has 2 aromatic rings. The number of imidazole rings is 1. The van der Waals surface area contributed by atoms with E-state index in [1.807, 2.05) is 12.1 Å². The van der Waals surface area contributed by atoms with Gasteiger partial charge in [-0.15, -0.1) is 0 Å². The Labute approximate surface area is 240 Å². The van der Waals surface area contributed by atoms with E-state index in [9.17, 15) is 4.79 Å². The van der Waals surface area contributed by atoms with Crippen molar-refractivity contribution in [2.45, 2.75) is 142 Å². The quantitative estimate of drug-likeness (QED) is 0.135. The van der Waals surface area contributed by atoms with Gasteiger partial charge in [0.25, 0.3) is 5.91 Å². The Balaban J connectivity index is 1.54. The molecule has 0 unspecified atom stereocenters. The number of likely N-dealkylation sites (N-methyl/N-ethyl adjacent to an activating group) is 1. The largest absolute Gasteiger partial charge is 0.355 e. The minimum atomic E-state index is -0.0555. The van der Waals surface area contributed by atoms with Gasteiger partial charge in [-0.1, -0.05) is 122 Å². The summed E-state index contributed by atoms with van der Waals surface area (Å²) in [7, 11) is 5.90. The first-order chi connectivity index (χ1) is 19.1. The fraction of sp³-hybridized carbons (Fsp3) is 0.765. The lowest BCUT2D eigenvalue weighted by Crippen LogP contribution is -2.19. The van der Waals surface area contributed by atoms with E-state index >= 15 is 0 Å². The average molecular weight is 541 g/mol. The molecule has 0 saturated carbocycles. The Morgan fingerprint density at radius 2 is 1.26 bits per heavy atom. The van der Waals surface area contributed by atoms with Gasteiger partial charge in [0.1, 0.15) is 5.82 Å². The van der Waals surface area contributed by atoms with E-state index in [1.165, 1.54) is 122 Å². The highest BCUT2D eigenvalue weighted by Gasteiger charge is 2.13. The van der Waals surface area contributed by atoms with Gasteiger partial charge in [0.15, 0.2) is 0 Å². The maximum absolute atomic E-state index is 12.1. The molecule has 2 rings (SSSR count). The number of rotatable bonds is 24. The first-order valence-corrected chi connectivity index (χ1v) is 16.4. The number of hydrogen-bond donors (Lipinski definition) is 1. The second-order valence-corrected chi connectivity index (χ2v) is 11.9. The van der Waals surface area contributed by atoms with Crippen LogP contribution in [-0.4, -0.2) is 48.0 Å². The molecule has 222 valence electrons. The molecule has 0 aliphatic rings. The van der Waals surface area contributed by atoms with Crippen LogP contribution in [0.15, 0.2) is 18.2 Å². The van der Waals surface area contributed by atoms with Gasteiger partial charge in [0.2, 0.25) is 0 Å². The third-order valence-electron chi connectivity index (χ3n) is 8.09. The van der Waals surface area contributed by atoms with Gasteiger partial charge >= 0.3 is 0 Å². The number of benzene rings is 1. The number of aryl methyl sites for hydroxylation is 1. The molecular weight excluding hydrogens is 480 g/mol. The lowest BCUT2D eigenvalue weighted by Gasteiger charge is -2.13. The third kappa shape index (κ3) is 13.8. The van der Waals surface area contributed by atoms with Crippen molar-refractivity contribution in [2.24, 2.45) is 0 Å². The molecule has 1 amide bonds. The summed E-state index contributed by atoms with van der Waals surface area (Å²) in [4.78, 5) is 19.2. The maximum atomic E-state index is 12.1. The average Bonchev–Trinajstić information content (AvgIpc) is 3.29.